The van der Waals surface area contributed by atoms with Crippen LogP contribution in [-0.4, -0.2) is 33.6 Å². The number of allylic oxidation sites excluding steroid dienone is 1. The Labute approximate surface area is 170 Å². The number of hydrogen-bond acceptors (Lipinski definition) is 5. The average molecular weight is 404 g/mol. The van der Waals surface area contributed by atoms with Crippen LogP contribution in [0.1, 0.15) is 44.7 Å². The Kier molecular flexibility index (Phi) is 6.06. The van der Waals surface area contributed by atoms with Crippen LogP contribution in [0.3, 0.4) is 0 Å². The fourth-order valence-electron chi connectivity index (χ4n) is 4.03. The third-order valence-corrected chi connectivity index (χ3v) is 7.14. The Morgan fingerprint density at radius 1 is 1.41 bits per heavy atom. The van der Waals surface area contributed by atoms with Gasteiger partial charge in [0.1, 0.15) is 0 Å². The molecule has 0 radical (unpaired) electrons. The lowest BCUT2D eigenvalue weighted by Gasteiger charge is -2.29. The number of thioether (sulfide) groups is 1. The van der Waals surface area contributed by atoms with Crippen molar-refractivity contribution in [1.82, 2.24) is 0 Å². The number of likely N-dealkylation sites (N-methyl/N-ethyl adjacent to an activating group) is 1. The topological polar surface area (TPSA) is 57.6 Å². The molecule has 4 nitrogen and oxygen atoms in total. The highest BCUT2D eigenvalue weighted by molar-refractivity contribution is 8.26. The number of thiocarbonyl (C=S) groups is 1. The number of carbonyl (C=O) groups is 2. The van der Waals surface area contributed by atoms with Gasteiger partial charge in [0, 0.05) is 36.5 Å². The Morgan fingerprint density at radius 3 is 2.81 bits per heavy atom. The predicted molar refractivity (Wildman–Crippen MR) is 115 cm³/mol. The molecule has 3 rings (SSSR count). The van der Waals surface area contributed by atoms with Crippen LogP contribution in [0.4, 0.5) is 5.69 Å². The van der Waals surface area contributed by atoms with Gasteiger partial charge in [-0.25, -0.2) is 0 Å². The van der Waals surface area contributed by atoms with E-state index in [9.17, 15) is 9.59 Å². The second-order valence-corrected chi connectivity index (χ2v) is 9.13. The first-order valence-electron chi connectivity index (χ1n) is 9.40. The number of nitrogens with zero attached hydrogens (tertiary/aromatic N) is 1. The number of carboxylic acids is 1. The molecule has 0 saturated carbocycles. The number of fused-ring (bicyclic) bond motifs is 1. The number of hydrogen-bond donors (Lipinski definition) is 1. The molecule has 0 bridgehead atoms. The lowest BCUT2D eigenvalue weighted by Crippen LogP contribution is -2.31. The van der Waals surface area contributed by atoms with Crippen LogP contribution < -0.4 is 4.90 Å². The number of ketones is 1. The highest BCUT2D eigenvalue weighted by atomic mass is 32.2. The van der Waals surface area contributed by atoms with Gasteiger partial charge >= 0.3 is 5.97 Å². The van der Waals surface area contributed by atoms with Crippen LogP contribution in [0.25, 0.3) is 6.08 Å². The van der Waals surface area contributed by atoms with Crippen LogP contribution in [0.2, 0.25) is 0 Å². The van der Waals surface area contributed by atoms with Gasteiger partial charge in [-0.1, -0.05) is 37.0 Å². The SMILES string of the molecule is CCN1c2ccc(/C=C3/SC(=S)C(CCC(=O)O)C(C)C3=O)cc2CC1C. The van der Waals surface area contributed by atoms with Crippen molar-refractivity contribution < 1.29 is 14.7 Å². The van der Waals surface area contributed by atoms with Gasteiger partial charge in [0.15, 0.2) is 5.78 Å². The zero-order valence-electron chi connectivity index (χ0n) is 15.9. The Bertz CT molecular complexity index is 818. The summed E-state index contributed by atoms with van der Waals surface area (Å²) in [5.41, 5.74) is 3.63. The number of aliphatic carboxylic acids is 1. The smallest absolute Gasteiger partial charge is 0.303 e. The van der Waals surface area contributed by atoms with Gasteiger partial charge in [-0.2, -0.15) is 0 Å². The largest absolute Gasteiger partial charge is 0.481 e. The first-order chi connectivity index (χ1) is 12.8. The maximum absolute atomic E-state index is 12.8. The molecular weight excluding hydrogens is 378 g/mol. The minimum Gasteiger partial charge on any atom is -0.481 e. The molecule has 2 aliphatic rings. The van der Waals surface area contributed by atoms with Crippen molar-refractivity contribution in [2.24, 2.45) is 11.8 Å². The highest BCUT2D eigenvalue weighted by Gasteiger charge is 2.36. The molecule has 144 valence electrons. The van der Waals surface area contributed by atoms with Crippen molar-refractivity contribution >= 4 is 51.7 Å². The van der Waals surface area contributed by atoms with Gasteiger partial charge in [-0.05, 0) is 56.0 Å². The molecule has 1 saturated heterocycles. The summed E-state index contributed by atoms with van der Waals surface area (Å²) in [4.78, 5) is 26.7. The molecule has 2 aliphatic heterocycles. The second kappa shape index (κ2) is 8.15. The first kappa shape index (κ1) is 20.1. The molecule has 3 atom stereocenters. The highest BCUT2D eigenvalue weighted by Crippen LogP contribution is 2.40. The first-order valence-corrected chi connectivity index (χ1v) is 10.6. The summed E-state index contributed by atoms with van der Waals surface area (Å²) in [5.74, 6) is -1.20. The number of anilines is 1. The van der Waals surface area contributed by atoms with E-state index in [2.05, 4.69) is 36.9 Å². The molecule has 1 fully saturated rings. The molecule has 1 aromatic rings. The molecule has 2 heterocycles. The zero-order valence-corrected chi connectivity index (χ0v) is 17.5. The minimum atomic E-state index is -0.850. The maximum Gasteiger partial charge on any atom is 0.303 e. The summed E-state index contributed by atoms with van der Waals surface area (Å²) in [5, 5.41) is 8.91. The summed E-state index contributed by atoms with van der Waals surface area (Å²) in [7, 11) is 0. The van der Waals surface area contributed by atoms with Crippen molar-refractivity contribution in [1.29, 1.82) is 0 Å². The molecule has 6 heteroatoms. The number of Topliss-reactive ketones (excluding diaryl/α,β-unsaturated/α-hetero) is 1. The average Bonchev–Trinajstić information content (AvgIpc) is 2.93. The number of benzene rings is 1. The molecule has 3 unspecified atom stereocenters. The molecule has 0 aliphatic carbocycles. The zero-order chi connectivity index (χ0) is 19.7. The van der Waals surface area contributed by atoms with E-state index in [0.717, 1.165) is 22.7 Å². The van der Waals surface area contributed by atoms with E-state index in [1.165, 1.54) is 23.0 Å². The standard InChI is InChI=1S/C21H25NO3S2/c1-4-22-12(2)9-15-10-14(5-7-17(15)22)11-18-20(25)13(3)16(21(26)27-18)6-8-19(23)24/h5,7,10-13,16H,4,6,8-9H2,1-3H3,(H,23,24)/b18-11+. The summed E-state index contributed by atoms with van der Waals surface area (Å²) in [6.07, 6.45) is 3.42. The van der Waals surface area contributed by atoms with Crippen molar-refractivity contribution in [2.45, 2.75) is 46.1 Å². The van der Waals surface area contributed by atoms with Crippen molar-refractivity contribution in [3.05, 3.63) is 34.2 Å². The quantitative estimate of drug-likeness (QED) is 0.575. The number of carboxylic acid groups (broad SMARTS) is 1. The fraction of sp³-hybridized carbons (Fsp3) is 0.476. The molecule has 0 spiro atoms. The van der Waals surface area contributed by atoms with Gasteiger partial charge in [0.2, 0.25) is 0 Å². The summed E-state index contributed by atoms with van der Waals surface area (Å²) in [6, 6.07) is 6.88. The van der Waals surface area contributed by atoms with Crippen LogP contribution in [-0.2, 0) is 16.0 Å². The van der Waals surface area contributed by atoms with E-state index in [-0.39, 0.29) is 24.0 Å². The maximum atomic E-state index is 12.8. The van der Waals surface area contributed by atoms with Crippen LogP contribution in [0.5, 0.6) is 0 Å². The monoisotopic (exact) mass is 403 g/mol. The van der Waals surface area contributed by atoms with Crippen LogP contribution in [0.15, 0.2) is 23.1 Å². The summed E-state index contributed by atoms with van der Waals surface area (Å²) >= 11 is 6.83. The van der Waals surface area contributed by atoms with E-state index < -0.39 is 5.97 Å². The van der Waals surface area contributed by atoms with Gasteiger partial charge in [0.25, 0.3) is 0 Å². The summed E-state index contributed by atoms with van der Waals surface area (Å²) < 4.78 is 0.724. The van der Waals surface area contributed by atoms with Gasteiger partial charge in [-0.15, -0.1) is 0 Å². The minimum absolute atomic E-state index is 0.0406. The van der Waals surface area contributed by atoms with E-state index in [1.54, 1.807) is 0 Å². The van der Waals surface area contributed by atoms with E-state index in [1.807, 2.05) is 13.0 Å². The molecule has 1 aromatic carbocycles. The molecule has 27 heavy (non-hydrogen) atoms. The number of rotatable bonds is 5. The normalized spacial score (nSPS) is 26.6. The van der Waals surface area contributed by atoms with Crippen molar-refractivity contribution in [2.75, 3.05) is 11.4 Å². The van der Waals surface area contributed by atoms with Gasteiger partial charge in [0.05, 0.1) is 9.10 Å². The van der Waals surface area contributed by atoms with E-state index in [0.29, 0.717) is 17.4 Å². The Balaban J connectivity index is 1.80. The second-order valence-electron chi connectivity index (χ2n) is 7.35. The van der Waals surface area contributed by atoms with Gasteiger partial charge < -0.3 is 10.0 Å². The van der Waals surface area contributed by atoms with E-state index in [4.69, 9.17) is 17.3 Å². The predicted octanol–water partition coefficient (Wildman–Crippen LogP) is 4.56. The van der Waals surface area contributed by atoms with Gasteiger partial charge in [-0.3, -0.25) is 9.59 Å². The number of carbonyl (C=O) groups excluding carboxylic acids is 1. The fourth-order valence-corrected chi connectivity index (χ4v) is 5.79. The molecule has 1 N–H and O–H groups in total. The van der Waals surface area contributed by atoms with Crippen molar-refractivity contribution in [3.8, 4) is 0 Å². The van der Waals surface area contributed by atoms with Crippen LogP contribution in [0, 0.1) is 11.8 Å². The Hall–Kier alpha value is -1.66. The van der Waals surface area contributed by atoms with Crippen molar-refractivity contribution in [3.63, 3.8) is 0 Å². The lowest BCUT2D eigenvalue weighted by atomic mass is 9.87. The summed E-state index contributed by atoms with van der Waals surface area (Å²) in [6.45, 7) is 7.26. The molecular formula is C21H25NO3S2. The molecule has 0 aromatic heterocycles. The Morgan fingerprint density at radius 2 is 2.15 bits per heavy atom. The van der Waals surface area contributed by atoms with Crippen LogP contribution >= 0.6 is 24.0 Å². The third-order valence-electron chi connectivity index (χ3n) is 5.54. The lowest BCUT2D eigenvalue weighted by molar-refractivity contribution is -0.137. The third kappa shape index (κ3) is 4.11. The van der Waals surface area contributed by atoms with E-state index >= 15 is 0 Å². The molecule has 0 amide bonds.